The van der Waals surface area contributed by atoms with Crippen LogP contribution in [0.1, 0.15) is 25.1 Å². The number of nitrogen functional groups attached to an aromatic ring is 1. The van der Waals surface area contributed by atoms with E-state index in [1.165, 1.54) is 6.42 Å². The van der Waals surface area contributed by atoms with Gasteiger partial charge in [-0.1, -0.05) is 0 Å². The topological polar surface area (TPSA) is 89.7 Å². The zero-order valence-electron chi connectivity index (χ0n) is 9.52. The van der Waals surface area contributed by atoms with Gasteiger partial charge in [-0.3, -0.25) is 0 Å². The van der Waals surface area contributed by atoms with Crippen molar-refractivity contribution < 1.29 is 4.74 Å². The molecule has 90 valence electrons. The highest BCUT2D eigenvalue weighted by Gasteiger charge is 2.17. The monoisotopic (exact) mass is 233 g/mol. The third-order valence-electron chi connectivity index (χ3n) is 3.04. The Bertz CT molecular complexity index is 518. The molecule has 1 aliphatic rings. The third-order valence-corrected chi connectivity index (χ3v) is 3.04. The van der Waals surface area contributed by atoms with E-state index < -0.39 is 0 Å². The minimum Gasteiger partial charge on any atom is -0.382 e. The molecule has 1 aliphatic heterocycles. The van der Waals surface area contributed by atoms with Crippen LogP contribution >= 0.6 is 0 Å². The van der Waals surface area contributed by atoms with Gasteiger partial charge in [-0.2, -0.15) is 0 Å². The SMILES string of the molecule is Nc1nc(CC2CCCCO2)nc2nc[nH]c12. The maximum atomic E-state index is 5.84. The minimum atomic E-state index is 0.222. The second-order valence-electron chi connectivity index (χ2n) is 4.32. The molecule has 1 unspecified atom stereocenters. The van der Waals surface area contributed by atoms with Gasteiger partial charge in [-0.25, -0.2) is 15.0 Å². The van der Waals surface area contributed by atoms with Crippen LogP contribution in [0.3, 0.4) is 0 Å². The van der Waals surface area contributed by atoms with Crippen molar-refractivity contribution in [3.8, 4) is 0 Å². The average molecular weight is 233 g/mol. The highest BCUT2D eigenvalue weighted by atomic mass is 16.5. The number of aromatic nitrogens is 4. The Morgan fingerprint density at radius 2 is 2.35 bits per heavy atom. The number of nitrogens with one attached hydrogen (secondary N) is 1. The van der Waals surface area contributed by atoms with Gasteiger partial charge in [-0.15, -0.1) is 0 Å². The largest absolute Gasteiger partial charge is 0.382 e. The van der Waals surface area contributed by atoms with E-state index >= 15 is 0 Å². The standard InChI is InChI=1S/C11H15N5O/c12-10-9-11(14-6-13-9)16-8(15-10)5-7-3-1-2-4-17-7/h6-7H,1-5H2,(H3,12,13,14,15,16). The second-order valence-corrected chi connectivity index (χ2v) is 4.32. The second kappa shape index (κ2) is 4.29. The molecule has 6 nitrogen and oxygen atoms in total. The summed E-state index contributed by atoms with van der Waals surface area (Å²) in [5.74, 6) is 1.17. The van der Waals surface area contributed by atoms with Crippen molar-refractivity contribution in [1.29, 1.82) is 0 Å². The quantitative estimate of drug-likeness (QED) is 0.809. The number of anilines is 1. The predicted molar refractivity (Wildman–Crippen MR) is 63.4 cm³/mol. The van der Waals surface area contributed by atoms with Gasteiger partial charge >= 0.3 is 0 Å². The molecule has 0 aromatic carbocycles. The van der Waals surface area contributed by atoms with Crippen molar-refractivity contribution in [2.45, 2.75) is 31.8 Å². The number of nitrogens with zero attached hydrogens (tertiary/aromatic N) is 3. The lowest BCUT2D eigenvalue weighted by Gasteiger charge is -2.21. The fourth-order valence-electron chi connectivity index (χ4n) is 2.17. The molecule has 0 saturated carbocycles. The van der Waals surface area contributed by atoms with Gasteiger partial charge in [0.15, 0.2) is 11.5 Å². The number of nitrogens with two attached hydrogens (primary N) is 1. The van der Waals surface area contributed by atoms with Gasteiger partial charge in [0, 0.05) is 13.0 Å². The summed E-state index contributed by atoms with van der Waals surface area (Å²) in [5, 5.41) is 0. The number of aromatic amines is 1. The molecule has 0 radical (unpaired) electrons. The number of imidazole rings is 1. The van der Waals surface area contributed by atoms with Gasteiger partial charge in [0.25, 0.3) is 0 Å². The Morgan fingerprint density at radius 3 is 3.18 bits per heavy atom. The number of hydrogen-bond donors (Lipinski definition) is 2. The molecule has 0 spiro atoms. The molecule has 1 fully saturated rings. The summed E-state index contributed by atoms with van der Waals surface area (Å²) in [7, 11) is 0. The molecule has 17 heavy (non-hydrogen) atoms. The summed E-state index contributed by atoms with van der Waals surface area (Å²) in [6.45, 7) is 0.838. The smallest absolute Gasteiger partial charge is 0.183 e. The zero-order chi connectivity index (χ0) is 11.7. The Hall–Kier alpha value is -1.69. The maximum Gasteiger partial charge on any atom is 0.183 e. The van der Waals surface area contributed by atoms with Crippen molar-refractivity contribution in [3.05, 3.63) is 12.2 Å². The summed E-state index contributed by atoms with van der Waals surface area (Å²) in [4.78, 5) is 15.7. The molecular weight excluding hydrogens is 218 g/mol. The van der Waals surface area contributed by atoms with Crippen molar-refractivity contribution in [1.82, 2.24) is 19.9 Å². The molecule has 3 heterocycles. The molecule has 6 heteroatoms. The molecule has 3 rings (SSSR count). The molecular formula is C11H15N5O. The first-order valence-corrected chi connectivity index (χ1v) is 5.90. The Kier molecular flexibility index (Phi) is 2.64. The molecule has 2 aromatic heterocycles. The first-order valence-electron chi connectivity index (χ1n) is 5.90. The molecule has 1 atom stereocenters. The molecule has 0 aliphatic carbocycles. The van der Waals surface area contributed by atoms with E-state index in [9.17, 15) is 0 Å². The van der Waals surface area contributed by atoms with Gasteiger partial charge in [0.2, 0.25) is 0 Å². The van der Waals surface area contributed by atoms with Crippen molar-refractivity contribution in [2.24, 2.45) is 0 Å². The lowest BCUT2D eigenvalue weighted by atomic mass is 10.1. The predicted octanol–water partition coefficient (Wildman–Crippen LogP) is 1.05. The fraction of sp³-hybridized carbons (Fsp3) is 0.545. The fourth-order valence-corrected chi connectivity index (χ4v) is 2.17. The summed E-state index contributed by atoms with van der Waals surface area (Å²) < 4.78 is 5.67. The van der Waals surface area contributed by atoms with E-state index in [1.54, 1.807) is 6.33 Å². The van der Waals surface area contributed by atoms with Crippen LogP contribution in [0.5, 0.6) is 0 Å². The van der Waals surface area contributed by atoms with E-state index in [0.717, 1.165) is 19.4 Å². The van der Waals surface area contributed by atoms with Crippen LogP contribution in [0.4, 0.5) is 5.82 Å². The molecule has 1 saturated heterocycles. The number of rotatable bonds is 2. The highest BCUT2D eigenvalue weighted by Crippen LogP contribution is 2.18. The van der Waals surface area contributed by atoms with E-state index in [4.69, 9.17) is 10.5 Å². The number of H-pyrrole nitrogens is 1. The van der Waals surface area contributed by atoms with Crippen LogP contribution in [-0.4, -0.2) is 32.6 Å². The molecule has 2 aromatic rings. The average Bonchev–Trinajstić information content (AvgIpc) is 2.79. The summed E-state index contributed by atoms with van der Waals surface area (Å²) in [5.41, 5.74) is 7.18. The van der Waals surface area contributed by atoms with Gasteiger partial charge < -0.3 is 15.5 Å². The molecule has 0 amide bonds. The van der Waals surface area contributed by atoms with Crippen LogP contribution in [0.25, 0.3) is 11.2 Å². The van der Waals surface area contributed by atoms with Crippen LogP contribution < -0.4 is 5.73 Å². The Balaban J connectivity index is 1.84. The van der Waals surface area contributed by atoms with Gasteiger partial charge in [0.1, 0.15) is 11.3 Å². The lowest BCUT2D eigenvalue weighted by Crippen LogP contribution is -2.22. The maximum absolute atomic E-state index is 5.84. The normalized spacial score (nSPS) is 20.8. The first kappa shape index (κ1) is 10.5. The number of fused-ring (bicyclic) bond motifs is 1. The van der Waals surface area contributed by atoms with Crippen molar-refractivity contribution in [3.63, 3.8) is 0 Å². The minimum absolute atomic E-state index is 0.222. The van der Waals surface area contributed by atoms with Crippen LogP contribution in [0, 0.1) is 0 Å². The van der Waals surface area contributed by atoms with E-state index in [0.29, 0.717) is 29.2 Å². The summed E-state index contributed by atoms with van der Waals surface area (Å²) in [6.07, 6.45) is 5.95. The van der Waals surface area contributed by atoms with Gasteiger partial charge in [-0.05, 0) is 19.3 Å². The molecule has 0 bridgehead atoms. The van der Waals surface area contributed by atoms with Crippen LogP contribution in [0.2, 0.25) is 0 Å². The van der Waals surface area contributed by atoms with E-state index in [2.05, 4.69) is 19.9 Å². The Labute approximate surface area is 98.6 Å². The highest BCUT2D eigenvalue weighted by molar-refractivity contribution is 5.80. The van der Waals surface area contributed by atoms with E-state index in [1.807, 2.05) is 0 Å². The van der Waals surface area contributed by atoms with Crippen LogP contribution in [-0.2, 0) is 11.2 Å². The summed E-state index contributed by atoms with van der Waals surface area (Å²) in [6, 6.07) is 0. The third kappa shape index (κ3) is 2.08. The number of ether oxygens (including phenoxy) is 1. The van der Waals surface area contributed by atoms with Crippen LogP contribution in [0.15, 0.2) is 6.33 Å². The van der Waals surface area contributed by atoms with Crippen molar-refractivity contribution in [2.75, 3.05) is 12.3 Å². The van der Waals surface area contributed by atoms with Crippen molar-refractivity contribution >= 4 is 17.0 Å². The zero-order valence-corrected chi connectivity index (χ0v) is 9.52. The lowest BCUT2D eigenvalue weighted by molar-refractivity contribution is 0.0157. The van der Waals surface area contributed by atoms with Gasteiger partial charge in [0.05, 0.1) is 12.4 Å². The first-order chi connectivity index (χ1) is 8.33. The molecule has 3 N–H and O–H groups in total. The Morgan fingerprint density at radius 1 is 1.41 bits per heavy atom. The number of hydrogen-bond acceptors (Lipinski definition) is 5. The van der Waals surface area contributed by atoms with E-state index in [-0.39, 0.29) is 6.10 Å². The summed E-state index contributed by atoms with van der Waals surface area (Å²) >= 11 is 0.